The summed E-state index contributed by atoms with van der Waals surface area (Å²) in [5.41, 5.74) is 6.40. The quantitative estimate of drug-likeness (QED) is 0.634. The van der Waals surface area contributed by atoms with Crippen molar-refractivity contribution in [3.05, 3.63) is 24.3 Å². The van der Waals surface area contributed by atoms with Gasteiger partial charge in [-0.2, -0.15) is 0 Å². The van der Waals surface area contributed by atoms with Crippen LogP contribution in [0.1, 0.15) is 39.5 Å². The van der Waals surface area contributed by atoms with Crippen LogP contribution < -0.4 is 10.5 Å². The summed E-state index contributed by atoms with van der Waals surface area (Å²) in [4.78, 5) is 0. The van der Waals surface area contributed by atoms with E-state index in [4.69, 9.17) is 15.2 Å². The van der Waals surface area contributed by atoms with Crippen molar-refractivity contribution in [3.63, 3.8) is 0 Å². The molecule has 1 fully saturated rings. The van der Waals surface area contributed by atoms with E-state index in [1.54, 1.807) is 0 Å². The fourth-order valence-electron chi connectivity index (χ4n) is 2.71. The number of nitrogen functional groups attached to an aromatic ring is 1. The number of rotatable bonds is 6. The molecule has 2 rings (SSSR count). The van der Waals surface area contributed by atoms with Crippen molar-refractivity contribution < 1.29 is 9.47 Å². The lowest BCUT2D eigenvalue weighted by molar-refractivity contribution is -0.00160. The standard InChI is InChI=1S/C17H27NO2/c1-13-4-7-17(12-14(13)2)20-11-3-10-19-16-8-5-15(18)6-9-16/h5-6,8-9,13-14,17H,3-4,7,10-12,18H2,1-2H3. The van der Waals surface area contributed by atoms with Crippen LogP contribution in [0.5, 0.6) is 5.75 Å². The molecule has 3 heteroatoms. The molecule has 2 N–H and O–H groups in total. The molecule has 20 heavy (non-hydrogen) atoms. The lowest BCUT2D eigenvalue weighted by atomic mass is 9.80. The SMILES string of the molecule is CC1CCC(OCCCOc2ccc(N)cc2)CC1C. The predicted octanol–water partition coefficient (Wildman–Crippen LogP) is 3.88. The smallest absolute Gasteiger partial charge is 0.119 e. The second-order valence-electron chi connectivity index (χ2n) is 6.03. The van der Waals surface area contributed by atoms with Gasteiger partial charge in [-0.05, 0) is 55.4 Å². The molecule has 0 saturated heterocycles. The third-order valence-electron chi connectivity index (χ3n) is 4.34. The van der Waals surface area contributed by atoms with Crippen molar-refractivity contribution in [1.82, 2.24) is 0 Å². The highest BCUT2D eigenvalue weighted by molar-refractivity contribution is 5.41. The molecule has 3 atom stereocenters. The fraction of sp³-hybridized carbons (Fsp3) is 0.647. The van der Waals surface area contributed by atoms with E-state index in [0.717, 1.165) is 36.3 Å². The van der Waals surface area contributed by atoms with Crippen LogP contribution in [0.2, 0.25) is 0 Å². The first-order valence-electron chi connectivity index (χ1n) is 7.75. The van der Waals surface area contributed by atoms with Gasteiger partial charge >= 0.3 is 0 Å². The lowest BCUT2D eigenvalue weighted by Gasteiger charge is -2.31. The Balaban J connectivity index is 1.56. The zero-order valence-corrected chi connectivity index (χ0v) is 12.7. The van der Waals surface area contributed by atoms with Crippen LogP contribution in [0, 0.1) is 11.8 Å². The maximum Gasteiger partial charge on any atom is 0.119 e. The van der Waals surface area contributed by atoms with Gasteiger partial charge < -0.3 is 15.2 Å². The predicted molar refractivity (Wildman–Crippen MR) is 82.9 cm³/mol. The second-order valence-corrected chi connectivity index (χ2v) is 6.03. The zero-order valence-electron chi connectivity index (χ0n) is 12.7. The maximum atomic E-state index is 5.96. The number of benzene rings is 1. The van der Waals surface area contributed by atoms with Gasteiger partial charge in [0, 0.05) is 12.1 Å². The van der Waals surface area contributed by atoms with E-state index in [-0.39, 0.29) is 0 Å². The Morgan fingerprint density at radius 3 is 2.50 bits per heavy atom. The summed E-state index contributed by atoms with van der Waals surface area (Å²) in [5, 5.41) is 0. The van der Waals surface area contributed by atoms with Crippen LogP contribution in [0.3, 0.4) is 0 Å². The molecule has 1 saturated carbocycles. The van der Waals surface area contributed by atoms with Gasteiger partial charge in [0.2, 0.25) is 0 Å². The van der Waals surface area contributed by atoms with E-state index in [0.29, 0.717) is 12.7 Å². The van der Waals surface area contributed by atoms with Gasteiger partial charge in [0.15, 0.2) is 0 Å². The first-order chi connectivity index (χ1) is 9.65. The third kappa shape index (κ3) is 4.71. The summed E-state index contributed by atoms with van der Waals surface area (Å²) in [6.07, 6.45) is 5.11. The largest absolute Gasteiger partial charge is 0.494 e. The topological polar surface area (TPSA) is 44.5 Å². The molecule has 0 radical (unpaired) electrons. The first-order valence-corrected chi connectivity index (χ1v) is 7.75. The van der Waals surface area contributed by atoms with Crippen molar-refractivity contribution in [2.45, 2.75) is 45.6 Å². The number of ether oxygens (including phenoxy) is 2. The van der Waals surface area contributed by atoms with Crippen molar-refractivity contribution in [2.24, 2.45) is 11.8 Å². The van der Waals surface area contributed by atoms with Crippen molar-refractivity contribution in [2.75, 3.05) is 18.9 Å². The highest BCUT2D eigenvalue weighted by atomic mass is 16.5. The molecule has 1 aliphatic rings. The molecule has 0 amide bonds. The lowest BCUT2D eigenvalue weighted by Crippen LogP contribution is -2.27. The molecule has 0 bridgehead atoms. The van der Waals surface area contributed by atoms with Gasteiger partial charge in [0.25, 0.3) is 0 Å². The van der Waals surface area contributed by atoms with Crippen molar-refractivity contribution in [3.8, 4) is 5.75 Å². The van der Waals surface area contributed by atoms with E-state index in [9.17, 15) is 0 Å². The normalized spacial score (nSPS) is 26.4. The fourth-order valence-corrected chi connectivity index (χ4v) is 2.71. The van der Waals surface area contributed by atoms with E-state index >= 15 is 0 Å². The van der Waals surface area contributed by atoms with Crippen molar-refractivity contribution in [1.29, 1.82) is 0 Å². The number of hydrogen-bond donors (Lipinski definition) is 1. The summed E-state index contributed by atoms with van der Waals surface area (Å²) in [5.74, 6) is 2.52. The van der Waals surface area contributed by atoms with Gasteiger partial charge in [-0.1, -0.05) is 13.8 Å². The van der Waals surface area contributed by atoms with Crippen LogP contribution in [-0.4, -0.2) is 19.3 Å². The maximum absolute atomic E-state index is 5.96. The Bertz CT molecular complexity index is 390. The Hall–Kier alpha value is -1.22. The van der Waals surface area contributed by atoms with Crippen LogP contribution in [-0.2, 0) is 4.74 Å². The zero-order chi connectivity index (χ0) is 14.4. The summed E-state index contributed by atoms with van der Waals surface area (Å²) >= 11 is 0. The summed E-state index contributed by atoms with van der Waals surface area (Å²) in [6, 6.07) is 7.52. The van der Waals surface area contributed by atoms with Crippen molar-refractivity contribution >= 4 is 5.69 Å². The monoisotopic (exact) mass is 277 g/mol. The minimum Gasteiger partial charge on any atom is -0.494 e. The van der Waals surface area contributed by atoms with Crippen LogP contribution in [0.4, 0.5) is 5.69 Å². The molecule has 0 aliphatic heterocycles. The average molecular weight is 277 g/mol. The molecule has 3 unspecified atom stereocenters. The Labute approximate surface area is 122 Å². The van der Waals surface area contributed by atoms with Crippen LogP contribution >= 0.6 is 0 Å². The third-order valence-corrected chi connectivity index (χ3v) is 4.34. The first kappa shape index (κ1) is 15.2. The second kappa shape index (κ2) is 7.53. The van der Waals surface area contributed by atoms with Gasteiger partial charge in [-0.3, -0.25) is 0 Å². The summed E-state index contributed by atoms with van der Waals surface area (Å²) in [6.45, 7) is 6.18. The van der Waals surface area contributed by atoms with Gasteiger partial charge in [-0.25, -0.2) is 0 Å². The molecule has 112 valence electrons. The Kier molecular flexibility index (Phi) is 5.72. The number of nitrogens with two attached hydrogens (primary N) is 1. The molecule has 3 nitrogen and oxygen atoms in total. The number of anilines is 1. The Morgan fingerprint density at radius 1 is 1.05 bits per heavy atom. The highest BCUT2D eigenvalue weighted by Gasteiger charge is 2.24. The van der Waals surface area contributed by atoms with Gasteiger partial charge in [0.1, 0.15) is 5.75 Å². The molecule has 0 spiro atoms. The van der Waals surface area contributed by atoms with Crippen LogP contribution in [0.15, 0.2) is 24.3 Å². The van der Waals surface area contributed by atoms with Crippen LogP contribution in [0.25, 0.3) is 0 Å². The van der Waals surface area contributed by atoms with E-state index in [1.807, 2.05) is 24.3 Å². The molecular weight excluding hydrogens is 250 g/mol. The van der Waals surface area contributed by atoms with E-state index in [2.05, 4.69) is 13.8 Å². The number of hydrogen-bond acceptors (Lipinski definition) is 3. The molecule has 1 aromatic rings. The van der Waals surface area contributed by atoms with E-state index in [1.165, 1.54) is 19.3 Å². The Morgan fingerprint density at radius 2 is 1.80 bits per heavy atom. The molecule has 0 aromatic heterocycles. The molecule has 1 aliphatic carbocycles. The molecular formula is C17H27NO2. The minimum atomic E-state index is 0.456. The van der Waals surface area contributed by atoms with Gasteiger partial charge in [-0.15, -0.1) is 0 Å². The summed E-state index contributed by atoms with van der Waals surface area (Å²) < 4.78 is 11.6. The minimum absolute atomic E-state index is 0.456. The van der Waals surface area contributed by atoms with Gasteiger partial charge in [0.05, 0.1) is 19.3 Å². The van der Waals surface area contributed by atoms with E-state index < -0.39 is 0 Å². The average Bonchev–Trinajstić information content (AvgIpc) is 2.44. The summed E-state index contributed by atoms with van der Waals surface area (Å²) in [7, 11) is 0. The molecule has 0 heterocycles. The molecule has 1 aromatic carbocycles. The highest BCUT2D eigenvalue weighted by Crippen LogP contribution is 2.30.